The molecule has 0 radical (unpaired) electrons. The molecule has 0 aromatic heterocycles. The lowest BCUT2D eigenvalue weighted by atomic mass is 10.1. The number of Topliss-reactive ketones (excluding diaryl/α,β-unsaturated/α-hetero) is 1. The molecule has 116 valence electrons. The standard InChI is InChI=1S/C16H24N2O3/c1-18-9-6-13(7-10-18)21-16-11-12(14(19)5-8-17)3-4-15(16)20-2/h3-4,11,13H,5-10,17H2,1-2H3. The van der Waals surface area contributed by atoms with Gasteiger partial charge in [-0.2, -0.15) is 0 Å². The summed E-state index contributed by atoms with van der Waals surface area (Å²) in [5.41, 5.74) is 6.07. The van der Waals surface area contributed by atoms with Crippen LogP contribution in [0.3, 0.4) is 0 Å². The minimum absolute atomic E-state index is 0.0355. The fourth-order valence-corrected chi connectivity index (χ4v) is 2.50. The Morgan fingerprint density at radius 3 is 2.67 bits per heavy atom. The second-order valence-corrected chi connectivity index (χ2v) is 5.45. The first kappa shape index (κ1) is 15.8. The Kier molecular flexibility index (Phi) is 5.59. The summed E-state index contributed by atoms with van der Waals surface area (Å²) in [4.78, 5) is 14.2. The van der Waals surface area contributed by atoms with Crippen molar-refractivity contribution in [2.75, 3.05) is 33.8 Å². The summed E-state index contributed by atoms with van der Waals surface area (Å²) in [7, 11) is 3.72. The van der Waals surface area contributed by atoms with Crippen molar-refractivity contribution in [1.29, 1.82) is 0 Å². The first-order valence-electron chi connectivity index (χ1n) is 7.40. The summed E-state index contributed by atoms with van der Waals surface area (Å²) in [6, 6.07) is 5.32. The van der Waals surface area contributed by atoms with Gasteiger partial charge in [0.2, 0.25) is 0 Å². The van der Waals surface area contributed by atoms with Gasteiger partial charge in [-0.05, 0) is 44.6 Å². The molecule has 1 aromatic rings. The van der Waals surface area contributed by atoms with E-state index in [1.807, 2.05) is 0 Å². The van der Waals surface area contributed by atoms with Crippen LogP contribution in [0.25, 0.3) is 0 Å². The summed E-state index contributed by atoms with van der Waals surface area (Å²) >= 11 is 0. The molecular formula is C16H24N2O3. The molecule has 2 N–H and O–H groups in total. The molecule has 0 saturated carbocycles. The van der Waals surface area contributed by atoms with E-state index in [0.717, 1.165) is 25.9 Å². The SMILES string of the molecule is COc1ccc(C(=O)CCN)cc1OC1CCN(C)CC1. The normalized spacial score (nSPS) is 16.7. The van der Waals surface area contributed by atoms with Gasteiger partial charge in [-0.25, -0.2) is 0 Å². The number of nitrogens with two attached hydrogens (primary N) is 1. The van der Waals surface area contributed by atoms with Crippen LogP contribution in [0.5, 0.6) is 11.5 Å². The average Bonchev–Trinajstić information content (AvgIpc) is 2.50. The van der Waals surface area contributed by atoms with Gasteiger partial charge in [0.1, 0.15) is 6.10 Å². The number of carbonyl (C=O) groups is 1. The number of ketones is 1. The van der Waals surface area contributed by atoms with Crippen LogP contribution >= 0.6 is 0 Å². The second kappa shape index (κ2) is 7.43. The zero-order chi connectivity index (χ0) is 15.2. The van der Waals surface area contributed by atoms with Crippen LogP contribution in [-0.2, 0) is 0 Å². The Bertz CT molecular complexity index is 482. The van der Waals surface area contributed by atoms with Crippen LogP contribution in [0.4, 0.5) is 0 Å². The second-order valence-electron chi connectivity index (χ2n) is 5.45. The number of hydrogen-bond donors (Lipinski definition) is 1. The van der Waals surface area contributed by atoms with Gasteiger partial charge in [-0.3, -0.25) is 4.79 Å². The summed E-state index contributed by atoms with van der Waals surface area (Å²) < 4.78 is 11.4. The molecular weight excluding hydrogens is 268 g/mol. The first-order valence-corrected chi connectivity index (χ1v) is 7.40. The van der Waals surface area contributed by atoms with Crippen molar-refractivity contribution in [2.24, 2.45) is 5.73 Å². The van der Waals surface area contributed by atoms with Crippen molar-refractivity contribution in [1.82, 2.24) is 4.90 Å². The molecule has 1 aliphatic heterocycles. The van der Waals surface area contributed by atoms with Crippen molar-refractivity contribution >= 4 is 5.78 Å². The number of nitrogens with zero attached hydrogens (tertiary/aromatic N) is 1. The molecule has 0 aliphatic carbocycles. The van der Waals surface area contributed by atoms with Crippen molar-refractivity contribution in [3.63, 3.8) is 0 Å². The van der Waals surface area contributed by atoms with Crippen LogP contribution in [0.1, 0.15) is 29.6 Å². The molecule has 0 atom stereocenters. The number of carbonyl (C=O) groups excluding carboxylic acids is 1. The Labute approximate surface area is 126 Å². The van der Waals surface area contributed by atoms with Gasteiger partial charge >= 0.3 is 0 Å². The molecule has 1 aliphatic rings. The zero-order valence-corrected chi connectivity index (χ0v) is 12.8. The highest BCUT2D eigenvalue weighted by molar-refractivity contribution is 5.96. The van der Waals surface area contributed by atoms with E-state index in [2.05, 4.69) is 11.9 Å². The summed E-state index contributed by atoms with van der Waals surface area (Å²) in [5, 5.41) is 0. The van der Waals surface area contributed by atoms with Gasteiger partial charge in [0.25, 0.3) is 0 Å². The number of methoxy groups -OCH3 is 1. The highest BCUT2D eigenvalue weighted by Gasteiger charge is 2.20. The molecule has 1 heterocycles. The lowest BCUT2D eigenvalue weighted by molar-refractivity contribution is 0.0980. The Balaban J connectivity index is 2.12. The molecule has 21 heavy (non-hydrogen) atoms. The van der Waals surface area contributed by atoms with Crippen LogP contribution in [-0.4, -0.2) is 50.6 Å². The monoisotopic (exact) mass is 292 g/mol. The van der Waals surface area contributed by atoms with E-state index in [0.29, 0.717) is 30.0 Å². The molecule has 2 rings (SSSR count). The minimum Gasteiger partial charge on any atom is -0.493 e. The van der Waals surface area contributed by atoms with Gasteiger partial charge in [-0.1, -0.05) is 0 Å². The van der Waals surface area contributed by atoms with Crippen LogP contribution in [0.15, 0.2) is 18.2 Å². The maximum atomic E-state index is 11.9. The number of hydrogen-bond acceptors (Lipinski definition) is 5. The molecule has 5 nitrogen and oxygen atoms in total. The third kappa shape index (κ3) is 4.19. The Morgan fingerprint density at radius 2 is 2.05 bits per heavy atom. The number of benzene rings is 1. The number of rotatable bonds is 6. The third-order valence-corrected chi connectivity index (χ3v) is 3.82. The maximum Gasteiger partial charge on any atom is 0.164 e. The largest absolute Gasteiger partial charge is 0.493 e. The smallest absolute Gasteiger partial charge is 0.164 e. The lowest BCUT2D eigenvalue weighted by Crippen LogP contribution is -2.35. The zero-order valence-electron chi connectivity index (χ0n) is 12.8. The van der Waals surface area contributed by atoms with Crippen molar-refractivity contribution in [3.8, 4) is 11.5 Å². The predicted octanol–water partition coefficient (Wildman–Crippen LogP) is 1.70. The Morgan fingerprint density at radius 1 is 1.33 bits per heavy atom. The molecule has 1 fully saturated rings. The van der Waals surface area contributed by atoms with Crippen molar-refractivity contribution in [2.45, 2.75) is 25.4 Å². The highest BCUT2D eigenvalue weighted by Crippen LogP contribution is 2.31. The van der Waals surface area contributed by atoms with Crippen LogP contribution in [0, 0.1) is 0 Å². The summed E-state index contributed by atoms with van der Waals surface area (Å²) in [5.74, 6) is 1.35. The van der Waals surface area contributed by atoms with Crippen molar-refractivity contribution < 1.29 is 14.3 Å². The van der Waals surface area contributed by atoms with E-state index in [4.69, 9.17) is 15.2 Å². The van der Waals surface area contributed by atoms with E-state index < -0.39 is 0 Å². The first-order chi connectivity index (χ1) is 10.1. The average molecular weight is 292 g/mol. The fourth-order valence-electron chi connectivity index (χ4n) is 2.50. The van der Waals surface area contributed by atoms with Gasteiger partial charge in [0, 0.05) is 25.1 Å². The maximum absolute atomic E-state index is 11.9. The quantitative estimate of drug-likeness (QED) is 0.808. The van der Waals surface area contributed by atoms with Gasteiger partial charge in [0.05, 0.1) is 7.11 Å². The molecule has 1 saturated heterocycles. The van der Waals surface area contributed by atoms with E-state index in [1.165, 1.54) is 0 Å². The molecule has 1 aromatic carbocycles. The fraction of sp³-hybridized carbons (Fsp3) is 0.562. The Hall–Kier alpha value is -1.59. The highest BCUT2D eigenvalue weighted by atomic mass is 16.5. The predicted molar refractivity (Wildman–Crippen MR) is 82.1 cm³/mol. The molecule has 0 unspecified atom stereocenters. The number of ether oxygens (including phenoxy) is 2. The van der Waals surface area contributed by atoms with E-state index in [9.17, 15) is 4.79 Å². The van der Waals surface area contributed by atoms with Crippen LogP contribution < -0.4 is 15.2 Å². The van der Waals surface area contributed by atoms with E-state index in [1.54, 1.807) is 25.3 Å². The minimum atomic E-state index is 0.0355. The molecule has 5 heteroatoms. The van der Waals surface area contributed by atoms with Gasteiger partial charge in [0.15, 0.2) is 17.3 Å². The number of likely N-dealkylation sites (tertiary alicyclic amines) is 1. The molecule has 0 spiro atoms. The summed E-state index contributed by atoms with van der Waals surface area (Å²) in [6.45, 7) is 2.41. The molecule has 0 amide bonds. The molecule has 0 bridgehead atoms. The van der Waals surface area contributed by atoms with Crippen molar-refractivity contribution in [3.05, 3.63) is 23.8 Å². The summed E-state index contributed by atoms with van der Waals surface area (Å²) in [6.07, 6.45) is 2.50. The number of piperidine rings is 1. The van der Waals surface area contributed by atoms with E-state index >= 15 is 0 Å². The topological polar surface area (TPSA) is 64.8 Å². The lowest BCUT2D eigenvalue weighted by Gasteiger charge is -2.29. The van der Waals surface area contributed by atoms with E-state index in [-0.39, 0.29) is 11.9 Å². The van der Waals surface area contributed by atoms with Gasteiger partial charge < -0.3 is 20.1 Å². The van der Waals surface area contributed by atoms with Crippen LogP contribution in [0.2, 0.25) is 0 Å². The van der Waals surface area contributed by atoms with Gasteiger partial charge in [-0.15, -0.1) is 0 Å². The third-order valence-electron chi connectivity index (χ3n) is 3.82.